The van der Waals surface area contributed by atoms with E-state index in [2.05, 4.69) is 4.74 Å². The van der Waals surface area contributed by atoms with Crippen LogP contribution in [-0.2, 0) is 14.3 Å². The average molecular weight is 176 g/mol. The largest absolute Gasteiger partial charge is 0.393 e. The van der Waals surface area contributed by atoms with E-state index >= 15 is 0 Å². The van der Waals surface area contributed by atoms with Crippen LogP contribution < -0.4 is 0 Å². The maximum Gasteiger partial charge on any atom is 0.345 e. The van der Waals surface area contributed by atoms with E-state index in [9.17, 15) is 9.59 Å². The minimum atomic E-state index is -1.62. The molecule has 70 valence electrons. The molecule has 0 saturated heterocycles. The highest BCUT2D eigenvalue weighted by atomic mass is 16.6. The predicted octanol–water partition coefficient (Wildman–Crippen LogP) is -0.791. The zero-order valence-corrected chi connectivity index (χ0v) is 6.82. The van der Waals surface area contributed by atoms with E-state index in [0.717, 1.165) is 0 Å². The molecule has 0 fully saturated rings. The Morgan fingerprint density at radius 1 is 1.50 bits per heavy atom. The highest BCUT2D eigenvalue weighted by molar-refractivity contribution is 5.87. The van der Waals surface area contributed by atoms with Gasteiger partial charge in [0.2, 0.25) is 0 Å². The lowest BCUT2D eigenvalue weighted by Crippen LogP contribution is -2.28. The molecule has 12 heavy (non-hydrogen) atoms. The molecule has 0 rings (SSSR count). The van der Waals surface area contributed by atoms with E-state index in [1.165, 1.54) is 0 Å². The molecule has 0 aliphatic rings. The Bertz CT molecular complexity index is 165. The fourth-order valence-corrected chi connectivity index (χ4v) is 0.510. The molecule has 0 aliphatic heterocycles. The van der Waals surface area contributed by atoms with Gasteiger partial charge >= 0.3 is 11.9 Å². The molecule has 0 aromatic rings. The quantitative estimate of drug-likeness (QED) is 0.433. The Morgan fingerprint density at radius 2 is 2.08 bits per heavy atom. The zero-order chi connectivity index (χ0) is 9.56. The number of carbonyl (C=O) groups is 2. The van der Waals surface area contributed by atoms with Crippen LogP contribution in [0.3, 0.4) is 0 Å². The van der Waals surface area contributed by atoms with E-state index in [1.807, 2.05) is 0 Å². The van der Waals surface area contributed by atoms with E-state index < -0.39 is 24.6 Å². The second-order valence-corrected chi connectivity index (χ2v) is 2.24. The number of ether oxygens (including phenoxy) is 1. The molecule has 0 saturated carbocycles. The van der Waals surface area contributed by atoms with Crippen LogP contribution in [-0.4, -0.2) is 34.9 Å². The minimum Gasteiger partial charge on any atom is -0.393 e. The average Bonchev–Trinajstić information content (AvgIpc) is 2.03. The molecule has 0 amide bonds. The Kier molecular flexibility index (Phi) is 5.23. The molecule has 0 aromatic heterocycles. The zero-order valence-electron chi connectivity index (χ0n) is 6.82. The highest BCUT2D eigenvalue weighted by Crippen LogP contribution is 1.94. The smallest absolute Gasteiger partial charge is 0.345 e. The number of hydrogen-bond acceptors (Lipinski definition) is 5. The number of carbonyl (C=O) groups excluding carboxylic acids is 2. The van der Waals surface area contributed by atoms with Gasteiger partial charge in [-0.25, -0.2) is 4.79 Å². The third-order valence-electron chi connectivity index (χ3n) is 1.11. The predicted molar refractivity (Wildman–Crippen MR) is 39.1 cm³/mol. The molecular formula is C7H12O5. The SMILES string of the molecule is CCCC(=O)OC(=O)[C@H](O)CO. The van der Waals surface area contributed by atoms with Crippen molar-refractivity contribution < 1.29 is 24.5 Å². The van der Waals surface area contributed by atoms with Crippen LogP contribution in [0.4, 0.5) is 0 Å². The number of hydrogen-bond donors (Lipinski definition) is 2. The summed E-state index contributed by atoms with van der Waals surface area (Å²) in [6.45, 7) is 1.02. The van der Waals surface area contributed by atoms with Gasteiger partial charge in [-0.15, -0.1) is 0 Å². The van der Waals surface area contributed by atoms with Crippen molar-refractivity contribution in [2.24, 2.45) is 0 Å². The van der Waals surface area contributed by atoms with Crippen LogP contribution in [0.1, 0.15) is 19.8 Å². The second kappa shape index (κ2) is 5.68. The summed E-state index contributed by atoms with van der Waals surface area (Å²) in [6.07, 6.45) is -0.920. The van der Waals surface area contributed by atoms with E-state index in [-0.39, 0.29) is 6.42 Å². The second-order valence-electron chi connectivity index (χ2n) is 2.24. The molecule has 2 N–H and O–H groups in total. The van der Waals surface area contributed by atoms with Crippen LogP contribution in [0.25, 0.3) is 0 Å². The highest BCUT2D eigenvalue weighted by Gasteiger charge is 2.18. The van der Waals surface area contributed by atoms with Crippen molar-refractivity contribution in [3.8, 4) is 0 Å². The van der Waals surface area contributed by atoms with Gasteiger partial charge in [0.05, 0.1) is 6.61 Å². The standard InChI is InChI=1S/C7H12O5/c1-2-3-6(10)12-7(11)5(9)4-8/h5,8-9H,2-4H2,1H3/t5-/m1/s1. The van der Waals surface area contributed by atoms with Gasteiger partial charge in [-0.05, 0) is 6.42 Å². The Hall–Kier alpha value is -0.940. The first-order chi connectivity index (χ1) is 5.61. The first kappa shape index (κ1) is 11.1. The van der Waals surface area contributed by atoms with Crippen LogP contribution in [0.15, 0.2) is 0 Å². The van der Waals surface area contributed by atoms with Crippen LogP contribution in [0.2, 0.25) is 0 Å². The lowest BCUT2D eigenvalue weighted by atomic mass is 10.3. The Morgan fingerprint density at radius 3 is 2.50 bits per heavy atom. The van der Waals surface area contributed by atoms with Crippen LogP contribution in [0, 0.1) is 0 Å². The lowest BCUT2D eigenvalue weighted by Gasteiger charge is -2.05. The summed E-state index contributed by atoms with van der Waals surface area (Å²) >= 11 is 0. The summed E-state index contributed by atoms with van der Waals surface area (Å²) < 4.78 is 4.16. The van der Waals surface area contributed by atoms with Gasteiger partial charge in [-0.3, -0.25) is 4.79 Å². The number of aliphatic hydroxyl groups excluding tert-OH is 2. The fourth-order valence-electron chi connectivity index (χ4n) is 0.510. The summed E-state index contributed by atoms with van der Waals surface area (Å²) in [5.74, 6) is -1.79. The molecule has 0 spiro atoms. The minimum absolute atomic E-state index is 0.129. The molecule has 0 radical (unpaired) electrons. The van der Waals surface area contributed by atoms with E-state index in [1.54, 1.807) is 6.92 Å². The van der Waals surface area contributed by atoms with Crippen molar-refractivity contribution in [2.45, 2.75) is 25.9 Å². The van der Waals surface area contributed by atoms with E-state index in [0.29, 0.717) is 6.42 Å². The molecule has 1 atom stereocenters. The maximum atomic E-state index is 10.6. The normalized spacial score (nSPS) is 12.2. The van der Waals surface area contributed by atoms with Crippen molar-refractivity contribution in [1.82, 2.24) is 0 Å². The summed E-state index contributed by atoms with van der Waals surface area (Å²) in [5, 5.41) is 17.0. The van der Waals surface area contributed by atoms with Crippen LogP contribution >= 0.6 is 0 Å². The van der Waals surface area contributed by atoms with Gasteiger partial charge in [0.25, 0.3) is 0 Å². The monoisotopic (exact) mass is 176 g/mol. The molecular weight excluding hydrogens is 164 g/mol. The van der Waals surface area contributed by atoms with Gasteiger partial charge in [-0.1, -0.05) is 6.92 Å². The van der Waals surface area contributed by atoms with Gasteiger partial charge in [0.1, 0.15) is 0 Å². The summed E-state index contributed by atoms with van der Waals surface area (Å²) in [7, 11) is 0. The van der Waals surface area contributed by atoms with Crippen LogP contribution in [0.5, 0.6) is 0 Å². The molecule has 5 nitrogen and oxygen atoms in total. The maximum absolute atomic E-state index is 10.6. The number of aliphatic hydroxyl groups is 2. The first-order valence-electron chi connectivity index (χ1n) is 3.65. The van der Waals surface area contributed by atoms with Gasteiger partial charge in [0, 0.05) is 6.42 Å². The molecule has 0 heterocycles. The van der Waals surface area contributed by atoms with Crippen molar-refractivity contribution >= 4 is 11.9 Å². The number of rotatable bonds is 4. The Balaban J connectivity index is 3.76. The first-order valence-corrected chi connectivity index (χ1v) is 3.65. The molecule has 0 unspecified atom stereocenters. The molecule has 0 bridgehead atoms. The van der Waals surface area contributed by atoms with Crippen molar-refractivity contribution in [2.75, 3.05) is 6.61 Å². The van der Waals surface area contributed by atoms with Gasteiger partial charge in [-0.2, -0.15) is 0 Å². The third-order valence-corrected chi connectivity index (χ3v) is 1.11. The lowest BCUT2D eigenvalue weighted by molar-refractivity contribution is -0.167. The molecule has 5 heteroatoms. The fraction of sp³-hybridized carbons (Fsp3) is 0.714. The molecule has 0 aliphatic carbocycles. The van der Waals surface area contributed by atoms with Crippen molar-refractivity contribution in [3.05, 3.63) is 0 Å². The van der Waals surface area contributed by atoms with Gasteiger partial charge < -0.3 is 14.9 Å². The van der Waals surface area contributed by atoms with Crippen molar-refractivity contribution in [1.29, 1.82) is 0 Å². The number of esters is 2. The summed E-state index contributed by atoms with van der Waals surface area (Å²) in [4.78, 5) is 21.2. The summed E-state index contributed by atoms with van der Waals surface area (Å²) in [5.41, 5.74) is 0. The molecule has 0 aromatic carbocycles. The topological polar surface area (TPSA) is 83.8 Å². The van der Waals surface area contributed by atoms with E-state index in [4.69, 9.17) is 10.2 Å². The Labute approximate surface area is 70.0 Å². The van der Waals surface area contributed by atoms with Crippen molar-refractivity contribution in [3.63, 3.8) is 0 Å². The van der Waals surface area contributed by atoms with Gasteiger partial charge in [0.15, 0.2) is 6.10 Å². The third kappa shape index (κ3) is 4.05. The summed E-state index contributed by atoms with van der Waals surface area (Å²) in [6, 6.07) is 0.